The molecule has 6 heteroatoms. The Labute approximate surface area is 175 Å². The van der Waals surface area contributed by atoms with Crippen molar-refractivity contribution in [3.8, 4) is 28.5 Å². The lowest BCUT2D eigenvalue weighted by Crippen LogP contribution is -2.34. The number of aromatic nitrogens is 1. The Kier molecular flexibility index (Phi) is 5.57. The highest BCUT2D eigenvalue weighted by Gasteiger charge is 2.27. The smallest absolute Gasteiger partial charge is 0.251 e. The van der Waals surface area contributed by atoms with E-state index in [0.717, 1.165) is 34.6 Å². The van der Waals surface area contributed by atoms with Crippen LogP contribution >= 0.6 is 0 Å². The van der Waals surface area contributed by atoms with Crippen LogP contribution in [0.3, 0.4) is 0 Å². The third kappa shape index (κ3) is 3.81. The van der Waals surface area contributed by atoms with Crippen LogP contribution in [0.2, 0.25) is 0 Å². The largest absolute Gasteiger partial charge is 0.493 e. The van der Waals surface area contributed by atoms with Gasteiger partial charge in [0.05, 0.1) is 26.5 Å². The lowest BCUT2D eigenvalue weighted by molar-refractivity contribution is 0.0933. The molecule has 1 aliphatic heterocycles. The van der Waals surface area contributed by atoms with Crippen molar-refractivity contribution in [3.05, 3.63) is 71.4 Å². The van der Waals surface area contributed by atoms with Gasteiger partial charge in [0.2, 0.25) is 0 Å². The monoisotopic (exact) mass is 404 g/mol. The lowest BCUT2D eigenvalue weighted by Gasteiger charge is -2.14. The molecule has 2 aromatic carbocycles. The van der Waals surface area contributed by atoms with Gasteiger partial charge in [-0.1, -0.05) is 18.2 Å². The first kappa shape index (κ1) is 19.8. The number of hydrogen-bond acceptors (Lipinski definition) is 5. The Morgan fingerprint density at radius 1 is 1.13 bits per heavy atom. The van der Waals surface area contributed by atoms with Crippen LogP contribution in [0.1, 0.15) is 21.5 Å². The van der Waals surface area contributed by atoms with E-state index < -0.39 is 0 Å². The topological polar surface area (TPSA) is 69.7 Å². The maximum Gasteiger partial charge on any atom is 0.251 e. The number of fused-ring (bicyclic) bond motifs is 1. The summed E-state index contributed by atoms with van der Waals surface area (Å²) in [6.45, 7) is 2.44. The summed E-state index contributed by atoms with van der Waals surface area (Å²) in [6, 6.07) is 15.2. The van der Waals surface area contributed by atoms with Crippen molar-refractivity contribution < 1.29 is 19.0 Å². The molecular formula is C24H24N2O4. The highest BCUT2D eigenvalue weighted by Crippen LogP contribution is 2.38. The highest BCUT2D eigenvalue weighted by atomic mass is 16.5. The van der Waals surface area contributed by atoms with Gasteiger partial charge < -0.3 is 19.5 Å². The summed E-state index contributed by atoms with van der Waals surface area (Å²) in [7, 11) is 3.11. The van der Waals surface area contributed by atoms with Gasteiger partial charge in [-0.2, -0.15) is 0 Å². The fourth-order valence-electron chi connectivity index (χ4n) is 3.69. The first-order valence-electron chi connectivity index (χ1n) is 9.81. The Bertz CT molecular complexity index is 1080. The predicted molar refractivity (Wildman–Crippen MR) is 114 cm³/mol. The lowest BCUT2D eigenvalue weighted by atomic mass is 10.0. The molecule has 0 fully saturated rings. The predicted octanol–water partition coefficient (Wildman–Crippen LogP) is 3.81. The van der Waals surface area contributed by atoms with Gasteiger partial charge in [0.1, 0.15) is 11.9 Å². The molecule has 1 amide bonds. The number of carbonyl (C=O) groups is 1. The maximum absolute atomic E-state index is 12.6. The molecule has 0 radical (unpaired) electrons. The van der Waals surface area contributed by atoms with Crippen LogP contribution in [0.25, 0.3) is 11.3 Å². The minimum absolute atomic E-state index is 0.130. The number of carbonyl (C=O) groups excluding carboxylic acids is 1. The average molecular weight is 404 g/mol. The third-order valence-corrected chi connectivity index (χ3v) is 5.23. The number of methoxy groups -OCH3 is 2. The van der Waals surface area contributed by atoms with Crippen molar-refractivity contribution in [1.29, 1.82) is 0 Å². The van der Waals surface area contributed by atoms with E-state index in [0.29, 0.717) is 23.6 Å². The van der Waals surface area contributed by atoms with Crippen molar-refractivity contribution in [2.24, 2.45) is 0 Å². The average Bonchev–Trinajstić information content (AvgIpc) is 3.20. The van der Waals surface area contributed by atoms with Gasteiger partial charge in [0, 0.05) is 23.7 Å². The Balaban J connectivity index is 1.45. The zero-order valence-electron chi connectivity index (χ0n) is 17.3. The van der Waals surface area contributed by atoms with Crippen LogP contribution in [0.4, 0.5) is 0 Å². The van der Waals surface area contributed by atoms with Gasteiger partial charge >= 0.3 is 0 Å². The highest BCUT2D eigenvalue weighted by molar-refractivity contribution is 5.94. The molecule has 3 aromatic rings. The van der Waals surface area contributed by atoms with E-state index in [1.54, 1.807) is 38.6 Å². The quantitative estimate of drug-likeness (QED) is 0.677. The number of pyridine rings is 1. The molecule has 1 N–H and O–H groups in total. The molecule has 2 heterocycles. The number of benzene rings is 2. The van der Waals surface area contributed by atoms with Crippen molar-refractivity contribution in [1.82, 2.24) is 10.3 Å². The molecule has 1 aliphatic rings. The number of para-hydroxylation sites is 1. The SMILES string of the molecule is COc1ccc(C(=O)NC[C@@H]2Cc3cccc(-c4ncccc4C)c3O2)cc1OC. The van der Waals surface area contributed by atoms with E-state index >= 15 is 0 Å². The van der Waals surface area contributed by atoms with Crippen LogP contribution in [0, 0.1) is 6.92 Å². The summed E-state index contributed by atoms with van der Waals surface area (Å²) in [5.41, 5.74) is 4.64. The number of nitrogens with zero attached hydrogens (tertiary/aromatic N) is 1. The van der Waals surface area contributed by atoms with Crippen molar-refractivity contribution in [2.75, 3.05) is 20.8 Å². The van der Waals surface area contributed by atoms with Crippen molar-refractivity contribution in [2.45, 2.75) is 19.4 Å². The molecule has 0 spiro atoms. The summed E-state index contributed by atoms with van der Waals surface area (Å²) in [5, 5.41) is 2.96. The number of ether oxygens (including phenoxy) is 3. The fourth-order valence-corrected chi connectivity index (χ4v) is 3.69. The molecule has 0 unspecified atom stereocenters. The number of rotatable bonds is 6. The molecule has 1 aromatic heterocycles. The summed E-state index contributed by atoms with van der Waals surface area (Å²) in [5.74, 6) is 1.77. The Morgan fingerprint density at radius 2 is 1.97 bits per heavy atom. The van der Waals surface area contributed by atoms with Gasteiger partial charge in [-0.3, -0.25) is 9.78 Å². The Hall–Kier alpha value is -3.54. The second-order valence-corrected chi connectivity index (χ2v) is 7.19. The zero-order valence-corrected chi connectivity index (χ0v) is 17.3. The molecule has 0 saturated carbocycles. The van der Waals surface area contributed by atoms with Crippen LogP contribution in [0.5, 0.6) is 17.2 Å². The summed E-state index contributed by atoms with van der Waals surface area (Å²) >= 11 is 0. The van der Waals surface area contributed by atoms with Gasteiger partial charge in [-0.15, -0.1) is 0 Å². The third-order valence-electron chi connectivity index (χ3n) is 5.23. The molecular weight excluding hydrogens is 380 g/mol. The van der Waals surface area contributed by atoms with Gasteiger partial charge in [0.15, 0.2) is 11.5 Å². The second-order valence-electron chi connectivity index (χ2n) is 7.19. The van der Waals surface area contributed by atoms with Crippen LogP contribution in [-0.4, -0.2) is 37.8 Å². The number of hydrogen-bond donors (Lipinski definition) is 1. The van der Waals surface area contributed by atoms with E-state index in [4.69, 9.17) is 14.2 Å². The number of amides is 1. The summed E-state index contributed by atoms with van der Waals surface area (Å²) < 4.78 is 16.7. The molecule has 0 saturated heterocycles. The molecule has 4 rings (SSSR count). The minimum Gasteiger partial charge on any atom is -0.493 e. The van der Waals surface area contributed by atoms with E-state index in [1.165, 1.54) is 0 Å². The molecule has 6 nitrogen and oxygen atoms in total. The normalized spacial score (nSPS) is 14.6. The molecule has 0 bridgehead atoms. The van der Waals surface area contributed by atoms with Crippen LogP contribution in [-0.2, 0) is 6.42 Å². The molecule has 30 heavy (non-hydrogen) atoms. The molecule has 1 atom stereocenters. The van der Waals surface area contributed by atoms with E-state index in [9.17, 15) is 4.79 Å². The first-order valence-corrected chi connectivity index (χ1v) is 9.81. The zero-order chi connectivity index (χ0) is 21.1. The fraction of sp³-hybridized carbons (Fsp3) is 0.250. The second kappa shape index (κ2) is 8.45. The van der Waals surface area contributed by atoms with E-state index in [1.807, 2.05) is 31.2 Å². The summed E-state index contributed by atoms with van der Waals surface area (Å²) in [4.78, 5) is 17.1. The van der Waals surface area contributed by atoms with Crippen molar-refractivity contribution in [3.63, 3.8) is 0 Å². The number of aryl methyl sites for hydroxylation is 1. The molecule has 154 valence electrons. The van der Waals surface area contributed by atoms with Gasteiger partial charge in [-0.05, 0) is 48.4 Å². The standard InChI is InChI=1S/C24H24N2O4/c1-15-6-5-11-25-22(15)19-8-4-7-16-12-18(30-23(16)19)14-26-24(27)17-9-10-20(28-2)21(13-17)29-3/h4-11,13,18H,12,14H2,1-3H3,(H,26,27)/t18-/m0/s1. The van der Waals surface area contributed by atoms with E-state index in [2.05, 4.69) is 16.4 Å². The minimum atomic E-state index is -0.184. The van der Waals surface area contributed by atoms with Gasteiger partial charge in [0.25, 0.3) is 5.91 Å². The van der Waals surface area contributed by atoms with Crippen LogP contribution < -0.4 is 19.5 Å². The van der Waals surface area contributed by atoms with Crippen LogP contribution in [0.15, 0.2) is 54.7 Å². The number of nitrogens with one attached hydrogen (secondary N) is 1. The summed E-state index contributed by atoms with van der Waals surface area (Å²) in [6.07, 6.45) is 2.40. The first-order chi connectivity index (χ1) is 14.6. The van der Waals surface area contributed by atoms with Gasteiger partial charge in [-0.25, -0.2) is 0 Å². The molecule has 0 aliphatic carbocycles. The van der Waals surface area contributed by atoms with Crippen molar-refractivity contribution >= 4 is 5.91 Å². The Morgan fingerprint density at radius 3 is 2.73 bits per heavy atom. The van der Waals surface area contributed by atoms with E-state index in [-0.39, 0.29) is 12.0 Å². The maximum atomic E-state index is 12.6.